The van der Waals surface area contributed by atoms with E-state index >= 15 is 0 Å². The molecule has 0 aliphatic carbocycles. The topological polar surface area (TPSA) is 29.1 Å². The molecule has 0 aliphatic heterocycles. The molecule has 0 saturated carbocycles. The van der Waals surface area contributed by atoms with E-state index in [1.54, 1.807) is 0 Å². The van der Waals surface area contributed by atoms with Crippen molar-refractivity contribution in [3.05, 3.63) is 0 Å². The molecule has 0 rings (SSSR count). The second kappa shape index (κ2) is 5.88. The summed E-state index contributed by atoms with van der Waals surface area (Å²) in [6, 6.07) is 0. The average molecular weight is 151 g/mol. The molecule has 0 aromatic rings. The highest BCUT2D eigenvalue weighted by molar-refractivity contribution is 7.99. The summed E-state index contributed by atoms with van der Waals surface area (Å²) in [6.07, 6.45) is 1.83. The van der Waals surface area contributed by atoms with Gasteiger partial charge in [0.25, 0.3) is 0 Å². The summed E-state index contributed by atoms with van der Waals surface area (Å²) in [5.74, 6) is 0.320. The molecule has 0 spiro atoms. The van der Waals surface area contributed by atoms with Crippen LogP contribution in [-0.2, 0) is 4.79 Å². The first-order chi connectivity index (χ1) is 4.31. The van der Waals surface area contributed by atoms with E-state index in [2.05, 4.69) is 5.32 Å². The van der Waals surface area contributed by atoms with Crippen molar-refractivity contribution in [3.63, 3.8) is 0 Å². The fraction of sp³-hybridized carbons (Fsp3) is 0.800. The first-order valence-corrected chi connectivity index (χ1v) is 4.02. The van der Waals surface area contributed by atoms with Crippen LogP contribution < -0.4 is 5.32 Å². The molecule has 0 bridgehead atoms. The molecule has 0 aromatic heterocycles. The predicted molar refractivity (Wildman–Crippen MR) is 37.4 cm³/mol. The molecule has 0 aromatic carbocycles. The summed E-state index contributed by atoms with van der Waals surface area (Å²) in [6.45, 7) is -0.348. The minimum absolute atomic E-state index is 0.0971. The molecule has 1 amide bonds. The fourth-order valence-corrected chi connectivity index (χ4v) is 0.733. The molecule has 0 aliphatic rings. The Labute approximate surface area is 58.2 Å². The molecule has 54 valence electrons. The maximum Gasteiger partial charge on any atom is 0.230 e. The van der Waals surface area contributed by atoms with Crippen LogP contribution in [0.5, 0.6) is 0 Å². The van der Waals surface area contributed by atoms with Crippen molar-refractivity contribution >= 4 is 17.7 Å². The first kappa shape index (κ1) is 8.75. The third-order valence-corrected chi connectivity index (χ3v) is 1.24. The number of rotatable bonds is 4. The zero-order valence-corrected chi connectivity index (χ0v) is 6.13. The number of halogens is 1. The maximum absolute atomic E-state index is 11.4. The van der Waals surface area contributed by atoms with Crippen LogP contribution in [0.25, 0.3) is 0 Å². The molecular formula is C5H10FNOS. The van der Waals surface area contributed by atoms with E-state index in [1.165, 1.54) is 11.8 Å². The van der Waals surface area contributed by atoms with E-state index in [4.69, 9.17) is 0 Å². The van der Waals surface area contributed by atoms with Gasteiger partial charge in [0.1, 0.15) is 6.67 Å². The largest absolute Gasteiger partial charge is 0.353 e. The molecule has 0 fully saturated rings. The third kappa shape index (κ3) is 5.62. The van der Waals surface area contributed by atoms with Crippen LogP contribution in [0.1, 0.15) is 0 Å². The van der Waals surface area contributed by atoms with Crippen molar-refractivity contribution in [2.75, 3.05) is 25.2 Å². The van der Waals surface area contributed by atoms with Crippen molar-refractivity contribution < 1.29 is 9.18 Å². The van der Waals surface area contributed by atoms with Gasteiger partial charge in [0.05, 0.1) is 5.75 Å². The zero-order valence-electron chi connectivity index (χ0n) is 5.32. The number of nitrogens with one attached hydrogen (secondary N) is 1. The van der Waals surface area contributed by atoms with E-state index in [0.717, 1.165) is 0 Å². The number of amides is 1. The number of thioether (sulfide) groups is 1. The van der Waals surface area contributed by atoms with Crippen LogP contribution in [0.3, 0.4) is 0 Å². The summed E-state index contributed by atoms with van der Waals surface area (Å²) in [7, 11) is 0. The highest BCUT2D eigenvalue weighted by atomic mass is 32.2. The van der Waals surface area contributed by atoms with Crippen LogP contribution >= 0.6 is 11.8 Å². The quantitative estimate of drug-likeness (QED) is 0.631. The van der Waals surface area contributed by atoms with E-state index in [0.29, 0.717) is 5.75 Å². The molecule has 2 nitrogen and oxygen atoms in total. The number of carbonyl (C=O) groups is 1. The first-order valence-electron chi connectivity index (χ1n) is 2.63. The molecule has 0 saturated heterocycles. The monoisotopic (exact) mass is 151 g/mol. The highest BCUT2D eigenvalue weighted by Gasteiger charge is 1.95. The van der Waals surface area contributed by atoms with E-state index in [9.17, 15) is 9.18 Å². The molecule has 0 unspecified atom stereocenters. The van der Waals surface area contributed by atoms with Crippen LogP contribution in [0, 0.1) is 0 Å². The van der Waals surface area contributed by atoms with Gasteiger partial charge in [-0.3, -0.25) is 4.79 Å². The van der Waals surface area contributed by atoms with E-state index in [-0.39, 0.29) is 12.5 Å². The van der Waals surface area contributed by atoms with E-state index < -0.39 is 6.67 Å². The van der Waals surface area contributed by atoms with Crippen molar-refractivity contribution in [1.29, 1.82) is 0 Å². The second-order valence-electron chi connectivity index (χ2n) is 1.47. The van der Waals surface area contributed by atoms with Crippen LogP contribution in [-0.4, -0.2) is 31.1 Å². The summed E-state index contributed by atoms with van der Waals surface area (Å²) >= 11 is 1.43. The van der Waals surface area contributed by atoms with Crippen molar-refractivity contribution in [1.82, 2.24) is 5.32 Å². The minimum atomic E-state index is -0.486. The Kier molecular flexibility index (Phi) is 5.72. The smallest absolute Gasteiger partial charge is 0.230 e. The van der Waals surface area contributed by atoms with Crippen molar-refractivity contribution in [2.24, 2.45) is 0 Å². The zero-order chi connectivity index (χ0) is 7.11. The summed E-state index contributed by atoms with van der Waals surface area (Å²) in [5.41, 5.74) is 0. The van der Waals surface area contributed by atoms with Gasteiger partial charge in [-0.15, -0.1) is 0 Å². The van der Waals surface area contributed by atoms with E-state index in [1.807, 2.05) is 6.26 Å². The average Bonchev–Trinajstić information content (AvgIpc) is 1.85. The lowest BCUT2D eigenvalue weighted by Gasteiger charge is -1.97. The SMILES string of the molecule is CSCC(=O)NCCF. The molecule has 1 N–H and O–H groups in total. The molecule has 0 atom stereocenters. The second-order valence-corrected chi connectivity index (χ2v) is 2.34. The number of alkyl halides is 1. The maximum atomic E-state index is 11.4. The normalized spacial score (nSPS) is 9.11. The van der Waals surface area contributed by atoms with Crippen LogP contribution in [0.2, 0.25) is 0 Å². The number of hydrogen-bond donors (Lipinski definition) is 1. The minimum Gasteiger partial charge on any atom is -0.353 e. The van der Waals surface area contributed by atoms with Crippen molar-refractivity contribution in [3.8, 4) is 0 Å². The van der Waals surface area contributed by atoms with Gasteiger partial charge in [0, 0.05) is 6.54 Å². The van der Waals surface area contributed by atoms with Gasteiger partial charge in [0.2, 0.25) is 5.91 Å². The lowest BCUT2D eigenvalue weighted by atomic mass is 10.6. The lowest BCUT2D eigenvalue weighted by Crippen LogP contribution is -2.26. The van der Waals surface area contributed by atoms with Gasteiger partial charge in [-0.1, -0.05) is 0 Å². The lowest BCUT2D eigenvalue weighted by molar-refractivity contribution is -0.118. The fourth-order valence-electron chi connectivity index (χ4n) is 0.369. The Bertz CT molecular complexity index is 89.0. The van der Waals surface area contributed by atoms with Gasteiger partial charge in [0.15, 0.2) is 0 Å². The van der Waals surface area contributed by atoms with Gasteiger partial charge in [-0.2, -0.15) is 11.8 Å². The van der Waals surface area contributed by atoms with Gasteiger partial charge < -0.3 is 5.32 Å². The van der Waals surface area contributed by atoms with Gasteiger partial charge in [-0.05, 0) is 6.26 Å². The summed E-state index contributed by atoms with van der Waals surface area (Å²) in [4.78, 5) is 10.5. The Hall–Kier alpha value is -0.250. The van der Waals surface area contributed by atoms with Gasteiger partial charge in [-0.25, -0.2) is 4.39 Å². The summed E-state index contributed by atoms with van der Waals surface area (Å²) < 4.78 is 11.4. The van der Waals surface area contributed by atoms with Crippen LogP contribution in [0.15, 0.2) is 0 Å². The molecule has 4 heteroatoms. The molecule has 0 heterocycles. The molecular weight excluding hydrogens is 141 g/mol. The molecule has 0 radical (unpaired) electrons. The third-order valence-electron chi connectivity index (χ3n) is 0.692. The van der Waals surface area contributed by atoms with Gasteiger partial charge >= 0.3 is 0 Å². The number of hydrogen-bond acceptors (Lipinski definition) is 2. The molecule has 9 heavy (non-hydrogen) atoms. The Balaban J connectivity index is 3.06. The Morgan fingerprint density at radius 2 is 2.44 bits per heavy atom. The van der Waals surface area contributed by atoms with Crippen molar-refractivity contribution in [2.45, 2.75) is 0 Å². The predicted octanol–water partition coefficient (Wildman–Crippen LogP) is 0.435. The highest BCUT2D eigenvalue weighted by Crippen LogP contribution is 1.88. The Morgan fingerprint density at radius 1 is 1.78 bits per heavy atom. The Morgan fingerprint density at radius 3 is 2.89 bits per heavy atom. The number of carbonyl (C=O) groups excluding carboxylic acids is 1. The van der Waals surface area contributed by atoms with Crippen LogP contribution in [0.4, 0.5) is 4.39 Å². The standard InChI is InChI=1S/C5H10FNOS/c1-9-4-5(8)7-3-2-6/h2-4H2,1H3,(H,7,8). The summed E-state index contributed by atoms with van der Waals surface area (Å²) in [5, 5.41) is 2.40.